The van der Waals surface area contributed by atoms with E-state index in [4.69, 9.17) is 5.73 Å². The van der Waals surface area contributed by atoms with Crippen molar-refractivity contribution in [3.05, 3.63) is 44.6 Å². The molecule has 19 heavy (non-hydrogen) atoms. The van der Waals surface area contributed by atoms with Crippen molar-refractivity contribution in [2.24, 2.45) is 5.73 Å². The number of rotatable bonds is 2. The Labute approximate surface area is 104 Å². The fourth-order valence-corrected chi connectivity index (χ4v) is 1.85. The van der Waals surface area contributed by atoms with Gasteiger partial charge < -0.3 is 10.7 Å². The molecular formula is C11H10F3N3O2. The lowest BCUT2D eigenvalue weighted by atomic mass is 10.1. The molecule has 0 amide bonds. The van der Waals surface area contributed by atoms with Crippen molar-refractivity contribution in [2.75, 3.05) is 6.54 Å². The summed E-state index contributed by atoms with van der Waals surface area (Å²) in [5, 5.41) is -0.192. The molecule has 2 rings (SSSR count). The summed E-state index contributed by atoms with van der Waals surface area (Å²) in [5.74, 6) is 0. The number of hydrogen-bond acceptors (Lipinski definition) is 3. The summed E-state index contributed by atoms with van der Waals surface area (Å²) in [6, 6.07) is 3.17. The van der Waals surface area contributed by atoms with Crippen LogP contribution in [0.4, 0.5) is 13.2 Å². The molecule has 0 atom stereocenters. The number of para-hydroxylation sites is 1. The summed E-state index contributed by atoms with van der Waals surface area (Å²) in [7, 11) is 0. The van der Waals surface area contributed by atoms with Gasteiger partial charge in [-0.1, -0.05) is 6.07 Å². The van der Waals surface area contributed by atoms with Gasteiger partial charge in [-0.25, -0.2) is 4.79 Å². The molecule has 0 unspecified atom stereocenters. The first-order valence-corrected chi connectivity index (χ1v) is 5.39. The second kappa shape index (κ2) is 4.54. The minimum Gasteiger partial charge on any atom is -0.329 e. The van der Waals surface area contributed by atoms with Crippen LogP contribution >= 0.6 is 0 Å². The highest BCUT2D eigenvalue weighted by Crippen LogP contribution is 2.32. The predicted octanol–water partition coefficient (Wildman–Crippen LogP) is 0.667. The number of alkyl halides is 3. The van der Waals surface area contributed by atoms with Crippen LogP contribution in [-0.2, 0) is 12.7 Å². The molecule has 5 nitrogen and oxygen atoms in total. The van der Waals surface area contributed by atoms with E-state index in [0.29, 0.717) is 0 Å². The molecule has 0 bridgehead atoms. The first-order valence-electron chi connectivity index (χ1n) is 5.39. The molecule has 1 aromatic heterocycles. The Morgan fingerprint density at radius 2 is 1.95 bits per heavy atom. The smallest absolute Gasteiger partial charge is 0.329 e. The molecule has 3 N–H and O–H groups in total. The predicted molar refractivity (Wildman–Crippen MR) is 62.9 cm³/mol. The van der Waals surface area contributed by atoms with Crippen LogP contribution in [0.5, 0.6) is 0 Å². The number of halogens is 3. The van der Waals surface area contributed by atoms with E-state index in [0.717, 1.165) is 16.7 Å². The van der Waals surface area contributed by atoms with Crippen molar-refractivity contribution < 1.29 is 13.2 Å². The molecule has 0 aliphatic heterocycles. The summed E-state index contributed by atoms with van der Waals surface area (Å²) < 4.78 is 39.1. The lowest BCUT2D eigenvalue weighted by Crippen LogP contribution is -2.37. The highest BCUT2D eigenvalue weighted by Gasteiger charge is 2.33. The van der Waals surface area contributed by atoms with E-state index in [-0.39, 0.29) is 18.5 Å². The molecule has 0 fully saturated rings. The number of H-pyrrole nitrogens is 1. The summed E-state index contributed by atoms with van der Waals surface area (Å²) in [6.45, 7) is -0.0200. The molecule has 1 heterocycles. The van der Waals surface area contributed by atoms with Crippen LogP contribution in [0.15, 0.2) is 27.8 Å². The van der Waals surface area contributed by atoms with Crippen molar-refractivity contribution in [1.82, 2.24) is 9.55 Å². The number of fused-ring (bicyclic) bond motifs is 1. The molecule has 2 aromatic rings. The molecule has 102 valence electrons. The van der Waals surface area contributed by atoms with Crippen molar-refractivity contribution in [3.8, 4) is 0 Å². The van der Waals surface area contributed by atoms with Gasteiger partial charge in [-0.05, 0) is 12.1 Å². The van der Waals surface area contributed by atoms with Gasteiger partial charge in [-0.15, -0.1) is 0 Å². The Morgan fingerprint density at radius 3 is 2.53 bits per heavy atom. The van der Waals surface area contributed by atoms with Gasteiger partial charge in [0.05, 0.1) is 16.5 Å². The topological polar surface area (TPSA) is 80.9 Å². The van der Waals surface area contributed by atoms with Crippen LogP contribution in [0.1, 0.15) is 5.56 Å². The van der Waals surface area contributed by atoms with E-state index in [2.05, 4.69) is 4.98 Å². The maximum absolute atomic E-state index is 12.8. The van der Waals surface area contributed by atoms with Gasteiger partial charge in [0.1, 0.15) is 0 Å². The Bertz CT molecular complexity index is 731. The number of aromatic amines is 1. The molecule has 0 saturated heterocycles. The second-order valence-corrected chi connectivity index (χ2v) is 3.90. The van der Waals surface area contributed by atoms with E-state index < -0.39 is 28.5 Å². The number of benzene rings is 1. The average Bonchev–Trinajstić information content (AvgIpc) is 2.32. The minimum atomic E-state index is -4.64. The van der Waals surface area contributed by atoms with Gasteiger partial charge in [-0.2, -0.15) is 13.2 Å². The fraction of sp³-hybridized carbons (Fsp3) is 0.273. The van der Waals surface area contributed by atoms with E-state index in [1.54, 1.807) is 0 Å². The van der Waals surface area contributed by atoms with Crippen LogP contribution in [0, 0.1) is 0 Å². The third-order valence-corrected chi connectivity index (χ3v) is 2.68. The molecular weight excluding hydrogens is 263 g/mol. The zero-order valence-electron chi connectivity index (χ0n) is 9.62. The van der Waals surface area contributed by atoms with E-state index in [9.17, 15) is 22.8 Å². The highest BCUT2D eigenvalue weighted by atomic mass is 19.4. The van der Waals surface area contributed by atoms with E-state index in [1.807, 2.05) is 0 Å². The standard InChI is InChI=1S/C11H10F3N3O2/c12-11(13,14)7-3-1-2-6-8(7)16-10(19)17(5-4-15)9(6)18/h1-3H,4-5,15H2,(H,16,19). The molecule has 8 heteroatoms. The van der Waals surface area contributed by atoms with Crippen molar-refractivity contribution >= 4 is 10.9 Å². The molecule has 1 aromatic carbocycles. The summed E-state index contributed by atoms with van der Waals surface area (Å²) in [5.41, 5.74) is 2.02. The van der Waals surface area contributed by atoms with Crippen LogP contribution in [0.3, 0.4) is 0 Å². The molecule has 0 spiro atoms. The van der Waals surface area contributed by atoms with Gasteiger partial charge in [0.2, 0.25) is 0 Å². The van der Waals surface area contributed by atoms with Crippen LogP contribution < -0.4 is 17.0 Å². The first-order chi connectivity index (χ1) is 8.86. The van der Waals surface area contributed by atoms with Gasteiger partial charge in [0.15, 0.2) is 0 Å². The van der Waals surface area contributed by atoms with E-state index in [1.165, 1.54) is 6.07 Å². The Hall–Kier alpha value is -2.09. The summed E-state index contributed by atoms with van der Waals surface area (Å²) in [4.78, 5) is 25.6. The molecule has 0 saturated carbocycles. The third kappa shape index (κ3) is 2.26. The number of aromatic nitrogens is 2. The zero-order valence-corrected chi connectivity index (χ0v) is 9.62. The van der Waals surface area contributed by atoms with Crippen LogP contribution in [-0.4, -0.2) is 16.1 Å². The lowest BCUT2D eigenvalue weighted by Gasteiger charge is -2.11. The maximum atomic E-state index is 12.8. The second-order valence-electron chi connectivity index (χ2n) is 3.90. The molecule has 0 radical (unpaired) electrons. The minimum absolute atomic E-state index is 0.0352. The highest BCUT2D eigenvalue weighted by molar-refractivity contribution is 5.81. The van der Waals surface area contributed by atoms with Gasteiger partial charge in [0, 0.05) is 13.1 Å². The maximum Gasteiger partial charge on any atom is 0.418 e. The first kappa shape index (κ1) is 13.3. The normalized spacial score (nSPS) is 12.0. The van der Waals surface area contributed by atoms with Crippen LogP contribution in [0.25, 0.3) is 10.9 Å². The third-order valence-electron chi connectivity index (χ3n) is 2.68. The quantitative estimate of drug-likeness (QED) is 0.843. The van der Waals surface area contributed by atoms with E-state index >= 15 is 0 Å². The monoisotopic (exact) mass is 273 g/mol. The number of nitrogens with zero attached hydrogens (tertiary/aromatic N) is 1. The average molecular weight is 273 g/mol. The molecule has 0 aliphatic carbocycles. The largest absolute Gasteiger partial charge is 0.418 e. The van der Waals surface area contributed by atoms with Crippen molar-refractivity contribution in [2.45, 2.75) is 12.7 Å². The summed E-state index contributed by atoms with van der Waals surface area (Å²) in [6.07, 6.45) is -4.64. The zero-order chi connectivity index (χ0) is 14.2. The Kier molecular flexibility index (Phi) is 3.19. The SMILES string of the molecule is NCCn1c(=O)[nH]c2c(C(F)(F)F)cccc2c1=O. The van der Waals surface area contributed by atoms with Crippen molar-refractivity contribution in [3.63, 3.8) is 0 Å². The van der Waals surface area contributed by atoms with Gasteiger partial charge >= 0.3 is 11.9 Å². The fourth-order valence-electron chi connectivity index (χ4n) is 1.85. The molecule has 0 aliphatic rings. The number of nitrogens with one attached hydrogen (secondary N) is 1. The summed E-state index contributed by atoms with van der Waals surface area (Å²) >= 11 is 0. The van der Waals surface area contributed by atoms with Crippen LogP contribution in [0.2, 0.25) is 0 Å². The van der Waals surface area contributed by atoms with Gasteiger partial charge in [-0.3, -0.25) is 9.36 Å². The lowest BCUT2D eigenvalue weighted by molar-refractivity contribution is -0.136. The Morgan fingerprint density at radius 1 is 1.26 bits per heavy atom. The van der Waals surface area contributed by atoms with Gasteiger partial charge in [0.25, 0.3) is 5.56 Å². The number of nitrogens with two attached hydrogens (primary N) is 1. The number of hydrogen-bond donors (Lipinski definition) is 2. The Balaban J connectivity index is 2.89. The van der Waals surface area contributed by atoms with Crippen molar-refractivity contribution in [1.29, 1.82) is 0 Å².